The van der Waals surface area contributed by atoms with Gasteiger partial charge in [-0.3, -0.25) is 9.59 Å². The predicted molar refractivity (Wildman–Crippen MR) is 110 cm³/mol. The van der Waals surface area contributed by atoms with Crippen LogP contribution in [0.2, 0.25) is 0 Å². The van der Waals surface area contributed by atoms with Gasteiger partial charge in [0.2, 0.25) is 11.8 Å². The van der Waals surface area contributed by atoms with Crippen LogP contribution in [-0.4, -0.2) is 59.5 Å². The Balaban J connectivity index is 1.94. The van der Waals surface area contributed by atoms with Crippen LogP contribution >= 0.6 is 0 Å². The van der Waals surface area contributed by atoms with E-state index in [1.54, 1.807) is 17.9 Å². The summed E-state index contributed by atoms with van der Waals surface area (Å²) < 4.78 is 4.98. The molecule has 1 atom stereocenters. The van der Waals surface area contributed by atoms with Crippen molar-refractivity contribution in [1.29, 1.82) is 0 Å². The normalized spacial score (nSPS) is 16.2. The summed E-state index contributed by atoms with van der Waals surface area (Å²) in [6.45, 7) is 14.0. The van der Waals surface area contributed by atoms with Crippen LogP contribution in [0.5, 0.6) is 0 Å². The van der Waals surface area contributed by atoms with Crippen molar-refractivity contribution in [1.82, 2.24) is 15.0 Å². The number of likely N-dealkylation sites (tertiary alicyclic amines) is 1. The minimum atomic E-state index is -0.244. The molecule has 2 rings (SSSR count). The maximum Gasteiger partial charge on any atom is 0.245 e. The van der Waals surface area contributed by atoms with Crippen molar-refractivity contribution >= 4 is 17.6 Å². The van der Waals surface area contributed by atoms with Crippen molar-refractivity contribution in [2.45, 2.75) is 60.3 Å². The van der Waals surface area contributed by atoms with Crippen LogP contribution < -0.4 is 5.32 Å². The average Bonchev–Trinajstić information content (AvgIpc) is 3.21. The van der Waals surface area contributed by atoms with Gasteiger partial charge in [0.05, 0.1) is 6.54 Å². The topological polar surface area (TPSA) is 78.7 Å². The Bertz CT molecular complexity index is 644. The second-order valence-corrected chi connectivity index (χ2v) is 9.31. The van der Waals surface area contributed by atoms with Crippen molar-refractivity contribution in [2.75, 3.05) is 38.0 Å². The Morgan fingerprint density at radius 1 is 1.32 bits per heavy atom. The van der Waals surface area contributed by atoms with E-state index in [2.05, 4.69) is 43.1 Å². The number of aryl methyl sites for hydroxylation is 1. The number of rotatable bonds is 9. The van der Waals surface area contributed by atoms with E-state index in [0.717, 1.165) is 26.1 Å². The van der Waals surface area contributed by atoms with Crippen molar-refractivity contribution in [2.24, 2.45) is 11.3 Å². The molecule has 1 N–H and O–H groups in total. The van der Waals surface area contributed by atoms with Gasteiger partial charge in [0, 0.05) is 25.6 Å². The van der Waals surface area contributed by atoms with Gasteiger partial charge in [0.15, 0.2) is 5.82 Å². The average molecular weight is 393 g/mol. The van der Waals surface area contributed by atoms with Crippen LogP contribution in [0.4, 0.5) is 5.82 Å². The lowest BCUT2D eigenvalue weighted by Gasteiger charge is -2.28. The summed E-state index contributed by atoms with van der Waals surface area (Å²) in [4.78, 5) is 29.4. The van der Waals surface area contributed by atoms with Gasteiger partial charge in [-0.1, -0.05) is 32.9 Å². The van der Waals surface area contributed by atoms with Gasteiger partial charge in [0.25, 0.3) is 0 Å². The van der Waals surface area contributed by atoms with E-state index in [9.17, 15) is 9.59 Å². The molecule has 0 bridgehead atoms. The molecule has 158 valence electrons. The molecule has 2 amide bonds. The molecule has 1 aromatic rings. The molecule has 1 aliphatic heterocycles. The van der Waals surface area contributed by atoms with Crippen LogP contribution in [0.1, 0.15) is 59.1 Å². The highest BCUT2D eigenvalue weighted by molar-refractivity contribution is 5.93. The molecule has 7 nitrogen and oxygen atoms in total. The molecule has 0 aliphatic carbocycles. The second kappa shape index (κ2) is 10.0. The molecule has 1 unspecified atom stereocenters. The fourth-order valence-corrected chi connectivity index (χ4v) is 3.89. The van der Waals surface area contributed by atoms with Crippen molar-refractivity contribution in [3.8, 4) is 0 Å². The number of amides is 2. The number of nitrogens with zero attached hydrogens (tertiary/aromatic N) is 3. The first kappa shape index (κ1) is 22.4. The standard InChI is InChI=1S/C21H36N4O3/c1-16(14-21(3,4)5)12-20(27)25(11-10-24-8-6-7-9-24)15-19(26)22-18-13-17(2)28-23-18/h13,16H,6-12,14-15H2,1-5H3,(H,22,23,26). The number of anilines is 1. The lowest BCUT2D eigenvalue weighted by molar-refractivity contribution is -0.135. The van der Waals surface area contributed by atoms with Gasteiger partial charge in [-0.15, -0.1) is 0 Å². The highest BCUT2D eigenvalue weighted by atomic mass is 16.5. The van der Waals surface area contributed by atoms with Crippen LogP contribution in [-0.2, 0) is 9.59 Å². The third-order valence-corrected chi connectivity index (χ3v) is 4.95. The number of carbonyl (C=O) groups is 2. The maximum absolute atomic E-state index is 12.9. The van der Waals surface area contributed by atoms with Crippen LogP contribution in [0.25, 0.3) is 0 Å². The highest BCUT2D eigenvalue weighted by Gasteiger charge is 2.24. The van der Waals surface area contributed by atoms with Gasteiger partial charge in [-0.2, -0.15) is 0 Å². The summed E-state index contributed by atoms with van der Waals surface area (Å²) in [5, 5.41) is 6.50. The van der Waals surface area contributed by atoms with E-state index in [-0.39, 0.29) is 29.7 Å². The van der Waals surface area contributed by atoms with Crippen LogP contribution in [0, 0.1) is 18.3 Å². The maximum atomic E-state index is 12.9. The zero-order chi connectivity index (χ0) is 20.7. The molecule has 0 aromatic carbocycles. The molecule has 28 heavy (non-hydrogen) atoms. The molecule has 1 aliphatic rings. The number of aromatic nitrogens is 1. The van der Waals surface area contributed by atoms with Gasteiger partial charge in [-0.05, 0) is 50.6 Å². The van der Waals surface area contributed by atoms with Crippen LogP contribution in [0.15, 0.2) is 10.6 Å². The quantitative estimate of drug-likeness (QED) is 0.697. The first-order valence-corrected chi connectivity index (χ1v) is 10.4. The molecular weight excluding hydrogens is 356 g/mol. The van der Waals surface area contributed by atoms with Gasteiger partial charge < -0.3 is 19.6 Å². The van der Waals surface area contributed by atoms with Crippen LogP contribution in [0.3, 0.4) is 0 Å². The summed E-state index contributed by atoms with van der Waals surface area (Å²) in [6, 6.07) is 1.67. The minimum Gasteiger partial charge on any atom is -0.360 e. The third-order valence-electron chi connectivity index (χ3n) is 4.95. The number of nitrogens with one attached hydrogen (secondary N) is 1. The first-order valence-electron chi connectivity index (χ1n) is 10.4. The van der Waals surface area contributed by atoms with Gasteiger partial charge in [-0.25, -0.2) is 0 Å². The molecular formula is C21H36N4O3. The summed E-state index contributed by atoms with van der Waals surface area (Å²) in [6.07, 6.45) is 3.86. The van der Waals surface area contributed by atoms with E-state index in [1.165, 1.54) is 12.8 Å². The summed E-state index contributed by atoms with van der Waals surface area (Å²) in [5.74, 6) is 1.10. The SMILES string of the molecule is Cc1cc(NC(=O)CN(CCN2CCCC2)C(=O)CC(C)CC(C)(C)C)no1. The Labute approximate surface area is 168 Å². The molecule has 7 heteroatoms. The monoisotopic (exact) mass is 392 g/mol. The Morgan fingerprint density at radius 2 is 2.00 bits per heavy atom. The molecule has 0 radical (unpaired) electrons. The minimum absolute atomic E-state index is 0.0425. The van der Waals surface area contributed by atoms with E-state index in [0.29, 0.717) is 24.5 Å². The summed E-state index contributed by atoms with van der Waals surface area (Å²) in [5.41, 5.74) is 0.183. The lowest BCUT2D eigenvalue weighted by Crippen LogP contribution is -2.43. The van der Waals surface area contributed by atoms with Crippen molar-refractivity contribution in [3.63, 3.8) is 0 Å². The lowest BCUT2D eigenvalue weighted by atomic mass is 9.84. The molecule has 1 fully saturated rings. The van der Waals surface area contributed by atoms with Gasteiger partial charge in [0.1, 0.15) is 5.76 Å². The zero-order valence-corrected chi connectivity index (χ0v) is 18.1. The molecule has 0 spiro atoms. The number of hydrogen-bond donors (Lipinski definition) is 1. The Hall–Kier alpha value is -1.89. The van der Waals surface area contributed by atoms with E-state index in [1.807, 2.05) is 0 Å². The highest BCUT2D eigenvalue weighted by Crippen LogP contribution is 2.26. The van der Waals surface area contributed by atoms with E-state index < -0.39 is 0 Å². The zero-order valence-electron chi connectivity index (χ0n) is 18.1. The number of hydrogen-bond acceptors (Lipinski definition) is 5. The van der Waals surface area contributed by atoms with E-state index >= 15 is 0 Å². The molecule has 1 saturated heterocycles. The Morgan fingerprint density at radius 3 is 2.57 bits per heavy atom. The predicted octanol–water partition coefficient (Wildman–Crippen LogP) is 3.31. The van der Waals surface area contributed by atoms with E-state index in [4.69, 9.17) is 4.52 Å². The Kier molecular flexibility index (Phi) is 8.04. The third kappa shape index (κ3) is 8.00. The smallest absolute Gasteiger partial charge is 0.245 e. The largest absolute Gasteiger partial charge is 0.360 e. The fourth-order valence-electron chi connectivity index (χ4n) is 3.89. The van der Waals surface area contributed by atoms with Crippen molar-refractivity contribution < 1.29 is 14.1 Å². The first-order chi connectivity index (χ1) is 13.1. The number of carbonyl (C=O) groups excluding carboxylic acids is 2. The molecule has 1 aromatic heterocycles. The molecule has 2 heterocycles. The van der Waals surface area contributed by atoms with Crippen molar-refractivity contribution in [3.05, 3.63) is 11.8 Å². The fraction of sp³-hybridized carbons (Fsp3) is 0.762. The molecule has 0 saturated carbocycles. The second-order valence-electron chi connectivity index (χ2n) is 9.31. The summed E-state index contributed by atoms with van der Waals surface area (Å²) in [7, 11) is 0. The van der Waals surface area contributed by atoms with Gasteiger partial charge >= 0.3 is 0 Å². The summed E-state index contributed by atoms with van der Waals surface area (Å²) >= 11 is 0.